The molecule has 2 rings (SSSR count). The van der Waals surface area contributed by atoms with Gasteiger partial charge in [-0.05, 0) is 18.6 Å². The number of hydrogen-bond donors (Lipinski definition) is 2. The van der Waals surface area contributed by atoms with Crippen LogP contribution in [0.3, 0.4) is 0 Å². The summed E-state index contributed by atoms with van der Waals surface area (Å²) in [6, 6.07) is 5.34. The van der Waals surface area contributed by atoms with E-state index in [9.17, 15) is 5.11 Å². The van der Waals surface area contributed by atoms with Crippen LogP contribution < -0.4 is 0 Å². The molecule has 0 radical (unpaired) electrons. The van der Waals surface area contributed by atoms with Crippen LogP contribution in [0.25, 0.3) is 0 Å². The molecule has 0 spiro atoms. The molecule has 0 saturated heterocycles. The fraction of sp³-hybridized carbons (Fsp3) is 0.667. The lowest BCUT2D eigenvalue weighted by molar-refractivity contribution is 0.439. The first-order valence-corrected chi connectivity index (χ1v) is 11.8. The molecule has 0 bridgehead atoms. The number of rotatable bonds is 13. The number of hydrazone groups is 1. The molecule has 1 atom stereocenters. The van der Waals surface area contributed by atoms with Crippen molar-refractivity contribution in [3.63, 3.8) is 0 Å². The molecule has 0 fully saturated rings. The minimum Gasteiger partial charge on any atom is -0.506 e. The second-order valence-electron chi connectivity index (χ2n) is 8.34. The molecule has 162 valence electrons. The van der Waals surface area contributed by atoms with Crippen LogP contribution in [-0.4, -0.2) is 28.2 Å². The lowest BCUT2D eigenvalue weighted by Crippen LogP contribution is -2.24. The van der Waals surface area contributed by atoms with Crippen LogP contribution in [0, 0.1) is 11.3 Å². The molecule has 0 aliphatic carbocycles. The summed E-state index contributed by atoms with van der Waals surface area (Å²) >= 11 is 6.04. The zero-order valence-electron chi connectivity index (χ0n) is 18.2. The van der Waals surface area contributed by atoms with Gasteiger partial charge in [-0.2, -0.15) is 5.10 Å². The van der Waals surface area contributed by atoms with E-state index in [4.69, 9.17) is 17.0 Å². The summed E-state index contributed by atoms with van der Waals surface area (Å²) in [6.07, 6.45) is 15.2. The van der Waals surface area contributed by atoms with Gasteiger partial charge in [0.25, 0.3) is 0 Å². The second-order valence-corrected chi connectivity index (χ2v) is 8.74. The van der Waals surface area contributed by atoms with E-state index in [0.29, 0.717) is 23.0 Å². The van der Waals surface area contributed by atoms with E-state index in [1.165, 1.54) is 64.2 Å². The smallest absolute Gasteiger partial charge is 0.143 e. The summed E-state index contributed by atoms with van der Waals surface area (Å²) in [4.78, 5) is 0. The molecule has 0 saturated carbocycles. The Hall–Kier alpha value is -1.55. The summed E-state index contributed by atoms with van der Waals surface area (Å²) in [5, 5.41) is 25.4. The van der Waals surface area contributed by atoms with Gasteiger partial charge in [0.2, 0.25) is 0 Å². The van der Waals surface area contributed by atoms with Crippen molar-refractivity contribution >= 4 is 23.1 Å². The summed E-state index contributed by atoms with van der Waals surface area (Å²) in [7, 11) is 0. The maximum Gasteiger partial charge on any atom is 0.143 e. The van der Waals surface area contributed by atoms with Gasteiger partial charge in [-0.1, -0.05) is 95.7 Å². The molecule has 1 aromatic rings. The first kappa shape index (κ1) is 23.7. The number of nitrogens with zero attached hydrogens (tertiary/aromatic N) is 2. The van der Waals surface area contributed by atoms with Crippen molar-refractivity contribution < 1.29 is 5.11 Å². The van der Waals surface area contributed by atoms with E-state index < -0.39 is 0 Å². The van der Waals surface area contributed by atoms with Crippen LogP contribution in [0.15, 0.2) is 23.3 Å². The predicted molar refractivity (Wildman–Crippen MR) is 124 cm³/mol. The highest BCUT2D eigenvalue weighted by Crippen LogP contribution is 2.31. The Morgan fingerprint density at radius 3 is 2.28 bits per heavy atom. The van der Waals surface area contributed by atoms with Gasteiger partial charge in [-0.3, -0.25) is 10.4 Å². The van der Waals surface area contributed by atoms with Crippen molar-refractivity contribution in [3.05, 3.63) is 28.8 Å². The number of unbranched alkanes of at least 4 members (excludes halogenated alkanes) is 10. The minimum absolute atomic E-state index is 0.0820. The third-order valence-corrected chi connectivity index (χ3v) is 6.04. The fourth-order valence-electron chi connectivity index (χ4n) is 3.91. The first-order valence-electron chi connectivity index (χ1n) is 11.5. The molecule has 0 aromatic heterocycles. The SMILES string of the molecule is CCCCCCCCCCCCCC(=N)N1CC(C)C(c2cccc(Cl)c2O)=N1. The number of phenols is 1. The van der Waals surface area contributed by atoms with Gasteiger partial charge in [0.05, 0.1) is 17.3 Å². The van der Waals surface area contributed by atoms with E-state index in [2.05, 4.69) is 18.9 Å². The summed E-state index contributed by atoms with van der Waals surface area (Å²) in [6.45, 7) is 5.03. The monoisotopic (exact) mass is 419 g/mol. The molecular formula is C24H38ClN3O. The van der Waals surface area contributed by atoms with Gasteiger partial charge in [-0.15, -0.1) is 0 Å². The zero-order chi connectivity index (χ0) is 21.1. The van der Waals surface area contributed by atoms with Crippen molar-refractivity contribution in [2.24, 2.45) is 11.0 Å². The normalized spacial score (nSPS) is 16.3. The molecule has 4 nitrogen and oxygen atoms in total. The van der Waals surface area contributed by atoms with E-state index in [0.717, 1.165) is 18.6 Å². The number of hydrogen-bond acceptors (Lipinski definition) is 3. The zero-order valence-corrected chi connectivity index (χ0v) is 19.0. The molecule has 1 aliphatic rings. The van der Waals surface area contributed by atoms with Crippen LogP contribution in [0.5, 0.6) is 5.75 Å². The highest BCUT2D eigenvalue weighted by molar-refractivity contribution is 6.32. The average molecular weight is 420 g/mol. The van der Waals surface area contributed by atoms with Gasteiger partial charge in [-0.25, -0.2) is 0 Å². The highest BCUT2D eigenvalue weighted by Gasteiger charge is 2.28. The topological polar surface area (TPSA) is 59.7 Å². The van der Waals surface area contributed by atoms with Gasteiger partial charge >= 0.3 is 0 Å². The number of para-hydroxylation sites is 1. The fourth-order valence-corrected chi connectivity index (χ4v) is 4.09. The Balaban J connectivity index is 1.65. The molecule has 1 heterocycles. The third kappa shape index (κ3) is 7.65. The van der Waals surface area contributed by atoms with Crippen molar-refractivity contribution in [2.45, 2.75) is 90.9 Å². The number of halogens is 1. The summed E-state index contributed by atoms with van der Waals surface area (Å²) in [5.41, 5.74) is 1.49. The van der Waals surface area contributed by atoms with Gasteiger partial charge in [0.1, 0.15) is 11.6 Å². The van der Waals surface area contributed by atoms with E-state index in [-0.39, 0.29) is 11.7 Å². The van der Waals surface area contributed by atoms with E-state index >= 15 is 0 Å². The van der Waals surface area contributed by atoms with Crippen LogP contribution in [0.2, 0.25) is 5.02 Å². The number of nitrogens with one attached hydrogen (secondary N) is 1. The molecular weight excluding hydrogens is 382 g/mol. The number of benzene rings is 1. The quantitative estimate of drug-likeness (QED) is 0.199. The standard InChI is InChI=1S/C24H38ClN3O/c1-3-4-5-6-7-8-9-10-11-12-13-17-22(26)28-18-19(2)23(27-28)20-15-14-16-21(25)24(20)29/h14-16,19,26,29H,3-13,17-18H2,1-2H3. The van der Waals surface area contributed by atoms with Gasteiger partial charge < -0.3 is 5.11 Å². The number of phenolic OH excluding ortho intramolecular Hbond substituents is 1. The highest BCUT2D eigenvalue weighted by atomic mass is 35.5. The molecule has 29 heavy (non-hydrogen) atoms. The summed E-state index contributed by atoms with van der Waals surface area (Å²) in [5.74, 6) is 0.819. The van der Waals surface area contributed by atoms with Crippen molar-refractivity contribution in [2.75, 3.05) is 6.54 Å². The lowest BCUT2D eigenvalue weighted by atomic mass is 9.98. The van der Waals surface area contributed by atoms with Gasteiger partial charge in [0, 0.05) is 17.9 Å². The van der Waals surface area contributed by atoms with Crippen LogP contribution in [0.4, 0.5) is 0 Å². The Bertz CT molecular complexity index is 674. The maximum absolute atomic E-state index is 10.2. The van der Waals surface area contributed by atoms with Gasteiger partial charge in [0.15, 0.2) is 0 Å². The van der Waals surface area contributed by atoms with Crippen LogP contribution in [-0.2, 0) is 0 Å². The third-order valence-electron chi connectivity index (χ3n) is 5.73. The molecule has 1 aliphatic heterocycles. The van der Waals surface area contributed by atoms with E-state index in [1.807, 2.05) is 12.1 Å². The second kappa shape index (κ2) is 12.9. The molecule has 5 heteroatoms. The van der Waals surface area contributed by atoms with Crippen molar-refractivity contribution in [1.82, 2.24) is 5.01 Å². The van der Waals surface area contributed by atoms with Crippen LogP contribution >= 0.6 is 11.6 Å². The van der Waals surface area contributed by atoms with Crippen LogP contribution in [0.1, 0.15) is 96.5 Å². The summed E-state index contributed by atoms with van der Waals surface area (Å²) < 4.78 is 0. The average Bonchev–Trinajstić information content (AvgIpc) is 3.09. The molecule has 0 amide bonds. The first-order chi connectivity index (χ1) is 14.0. The van der Waals surface area contributed by atoms with E-state index in [1.54, 1.807) is 11.1 Å². The minimum atomic E-state index is 0.0820. The molecule has 1 unspecified atom stereocenters. The maximum atomic E-state index is 10.2. The predicted octanol–water partition coefficient (Wildman–Crippen LogP) is 7.38. The number of aromatic hydroxyl groups is 1. The van der Waals surface area contributed by atoms with Crippen molar-refractivity contribution in [1.29, 1.82) is 5.41 Å². The Kier molecular flexibility index (Phi) is 10.5. The molecule has 2 N–H and O–H groups in total. The Labute approximate surface area is 181 Å². The Morgan fingerprint density at radius 2 is 1.66 bits per heavy atom. The molecule has 1 aromatic carbocycles. The number of amidine groups is 1. The van der Waals surface area contributed by atoms with Crippen molar-refractivity contribution in [3.8, 4) is 5.75 Å². The Morgan fingerprint density at radius 1 is 1.07 bits per heavy atom. The lowest BCUT2D eigenvalue weighted by Gasteiger charge is -2.15. The largest absolute Gasteiger partial charge is 0.506 e.